The number of ether oxygens (including phenoxy) is 2. The van der Waals surface area contributed by atoms with Crippen molar-refractivity contribution in [3.05, 3.63) is 46.9 Å². The molecule has 4 aromatic rings. The van der Waals surface area contributed by atoms with Crippen molar-refractivity contribution in [2.24, 2.45) is 0 Å². The molecule has 0 saturated heterocycles. The van der Waals surface area contributed by atoms with Crippen LogP contribution in [0.25, 0.3) is 21.3 Å². The third-order valence-electron chi connectivity index (χ3n) is 3.89. The predicted octanol–water partition coefficient (Wildman–Crippen LogP) is 3.83. The van der Waals surface area contributed by atoms with Crippen LogP contribution in [-0.4, -0.2) is 33.0 Å². The molecular formula is C18H14N4O3S. The highest BCUT2D eigenvalue weighted by Gasteiger charge is 2.21. The van der Waals surface area contributed by atoms with Crippen LogP contribution in [0.2, 0.25) is 0 Å². The number of aryl methyl sites for hydroxylation is 2. The Bertz CT molecular complexity index is 1160. The van der Waals surface area contributed by atoms with E-state index >= 15 is 0 Å². The maximum Gasteiger partial charge on any atom is 0.348 e. The number of nitrogens with zero attached hydrogens (tertiary/aromatic N) is 4. The molecule has 0 aliphatic carbocycles. The maximum atomic E-state index is 12.0. The van der Waals surface area contributed by atoms with E-state index in [1.807, 2.05) is 19.1 Å². The Balaban J connectivity index is 1.84. The Hall–Kier alpha value is -3.13. The highest BCUT2D eigenvalue weighted by atomic mass is 32.1. The smallest absolute Gasteiger partial charge is 0.348 e. The first-order valence-electron chi connectivity index (χ1n) is 7.81. The molecule has 0 fully saturated rings. The lowest BCUT2D eigenvalue weighted by Crippen LogP contribution is -2.00. The van der Waals surface area contributed by atoms with Gasteiger partial charge in [-0.25, -0.2) is 9.78 Å². The Morgan fingerprint density at radius 2 is 1.85 bits per heavy atom. The fourth-order valence-corrected chi connectivity index (χ4v) is 3.82. The number of carbonyl (C=O) groups excluding carboxylic acids is 1. The zero-order valence-corrected chi connectivity index (χ0v) is 15.1. The Labute approximate surface area is 152 Å². The number of thiophene rings is 1. The number of aromatic nitrogens is 4. The van der Waals surface area contributed by atoms with Gasteiger partial charge in [0.15, 0.2) is 0 Å². The molecule has 26 heavy (non-hydrogen) atoms. The van der Waals surface area contributed by atoms with Gasteiger partial charge in [0.05, 0.1) is 23.5 Å². The van der Waals surface area contributed by atoms with Gasteiger partial charge in [-0.3, -0.25) is 9.97 Å². The van der Waals surface area contributed by atoms with Gasteiger partial charge in [-0.2, -0.15) is 4.98 Å². The monoisotopic (exact) mass is 366 g/mol. The average molecular weight is 366 g/mol. The Morgan fingerprint density at radius 3 is 2.62 bits per heavy atom. The topological polar surface area (TPSA) is 87.1 Å². The third kappa shape index (κ3) is 2.74. The normalized spacial score (nSPS) is 11.0. The molecule has 8 heteroatoms. The minimum atomic E-state index is -0.393. The van der Waals surface area contributed by atoms with Gasteiger partial charge in [0.2, 0.25) is 5.88 Å². The number of rotatable bonds is 3. The third-order valence-corrected chi connectivity index (χ3v) is 5.06. The molecule has 0 spiro atoms. The molecule has 130 valence electrons. The number of fused-ring (bicyclic) bond motifs is 2. The maximum absolute atomic E-state index is 12.0. The van der Waals surface area contributed by atoms with Crippen LogP contribution in [0.4, 0.5) is 0 Å². The standard InChI is InChI=1S/C18H14N4O3S/c1-9-14-16(21-10(2)22-17(14)26-15(9)18(23)24-3)25-11-4-5-12-13(8-11)20-7-6-19-12/h4-8H,1-3H3. The molecule has 7 nitrogen and oxygen atoms in total. The number of hydrogen-bond acceptors (Lipinski definition) is 8. The van der Waals surface area contributed by atoms with E-state index in [2.05, 4.69) is 19.9 Å². The molecule has 0 saturated carbocycles. The molecule has 0 unspecified atom stereocenters. The summed E-state index contributed by atoms with van der Waals surface area (Å²) in [5.74, 6) is 1.16. The van der Waals surface area contributed by atoms with Crippen molar-refractivity contribution in [3.8, 4) is 11.6 Å². The van der Waals surface area contributed by atoms with Crippen LogP contribution in [0.3, 0.4) is 0 Å². The van der Waals surface area contributed by atoms with Crippen molar-refractivity contribution >= 4 is 38.6 Å². The summed E-state index contributed by atoms with van der Waals surface area (Å²) in [5, 5.41) is 0.709. The number of methoxy groups -OCH3 is 1. The summed E-state index contributed by atoms with van der Waals surface area (Å²) < 4.78 is 10.9. The summed E-state index contributed by atoms with van der Waals surface area (Å²) in [6.45, 7) is 3.62. The summed E-state index contributed by atoms with van der Waals surface area (Å²) in [6, 6.07) is 5.45. The van der Waals surface area contributed by atoms with Crippen LogP contribution in [0, 0.1) is 13.8 Å². The van der Waals surface area contributed by atoms with Crippen LogP contribution < -0.4 is 4.74 Å². The first-order valence-corrected chi connectivity index (χ1v) is 8.63. The summed E-state index contributed by atoms with van der Waals surface area (Å²) in [4.78, 5) is 30.5. The molecule has 4 rings (SSSR count). The second-order valence-corrected chi connectivity index (χ2v) is 6.61. The van der Waals surface area contributed by atoms with Crippen molar-refractivity contribution in [2.45, 2.75) is 13.8 Å². The van der Waals surface area contributed by atoms with Crippen LogP contribution in [-0.2, 0) is 4.74 Å². The van der Waals surface area contributed by atoms with E-state index in [1.165, 1.54) is 18.4 Å². The van der Waals surface area contributed by atoms with Gasteiger partial charge in [0.1, 0.15) is 21.3 Å². The van der Waals surface area contributed by atoms with E-state index < -0.39 is 5.97 Å². The molecule has 1 aromatic carbocycles. The minimum Gasteiger partial charge on any atom is -0.465 e. The number of esters is 1. The zero-order valence-electron chi connectivity index (χ0n) is 14.3. The van der Waals surface area contributed by atoms with Crippen LogP contribution in [0.5, 0.6) is 11.6 Å². The predicted molar refractivity (Wildman–Crippen MR) is 97.8 cm³/mol. The largest absolute Gasteiger partial charge is 0.465 e. The average Bonchev–Trinajstić information content (AvgIpc) is 2.97. The molecule has 0 N–H and O–H groups in total. The lowest BCUT2D eigenvalue weighted by atomic mass is 10.2. The number of benzene rings is 1. The first kappa shape index (κ1) is 16.3. The minimum absolute atomic E-state index is 0.393. The van der Waals surface area contributed by atoms with E-state index in [0.717, 1.165) is 16.6 Å². The lowest BCUT2D eigenvalue weighted by molar-refractivity contribution is 0.0605. The Morgan fingerprint density at radius 1 is 1.08 bits per heavy atom. The second kappa shape index (κ2) is 6.30. The van der Waals surface area contributed by atoms with Gasteiger partial charge in [0, 0.05) is 18.5 Å². The van der Waals surface area contributed by atoms with E-state index in [-0.39, 0.29) is 0 Å². The molecule has 0 aliphatic rings. The molecule has 0 amide bonds. The van der Waals surface area contributed by atoms with Crippen LogP contribution in [0.15, 0.2) is 30.6 Å². The van der Waals surface area contributed by atoms with Gasteiger partial charge in [0.25, 0.3) is 0 Å². The van der Waals surface area contributed by atoms with Gasteiger partial charge in [-0.05, 0) is 31.5 Å². The first-order chi connectivity index (χ1) is 12.6. The fraction of sp³-hybridized carbons (Fsp3) is 0.167. The molecule has 0 atom stereocenters. The van der Waals surface area contributed by atoms with Crippen molar-refractivity contribution in [1.29, 1.82) is 0 Å². The summed E-state index contributed by atoms with van der Waals surface area (Å²) in [5.41, 5.74) is 2.25. The molecule has 0 bridgehead atoms. The van der Waals surface area contributed by atoms with Gasteiger partial charge in [-0.15, -0.1) is 11.3 Å². The van der Waals surface area contributed by atoms with Gasteiger partial charge < -0.3 is 9.47 Å². The van der Waals surface area contributed by atoms with E-state index in [4.69, 9.17) is 9.47 Å². The highest BCUT2D eigenvalue weighted by Crippen LogP contribution is 2.37. The molecule has 0 radical (unpaired) electrons. The lowest BCUT2D eigenvalue weighted by Gasteiger charge is -2.08. The van der Waals surface area contributed by atoms with Crippen molar-refractivity contribution < 1.29 is 14.3 Å². The van der Waals surface area contributed by atoms with Crippen molar-refractivity contribution in [3.63, 3.8) is 0 Å². The van der Waals surface area contributed by atoms with Crippen LogP contribution >= 0.6 is 11.3 Å². The van der Waals surface area contributed by atoms with Crippen molar-refractivity contribution in [2.75, 3.05) is 7.11 Å². The van der Waals surface area contributed by atoms with E-state index in [0.29, 0.717) is 32.5 Å². The Kier molecular flexibility index (Phi) is 3.96. The highest BCUT2D eigenvalue weighted by molar-refractivity contribution is 7.20. The van der Waals surface area contributed by atoms with E-state index in [1.54, 1.807) is 25.4 Å². The molecule has 3 aromatic heterocycles. The van der Waals surface area contributed by atoms with Crippen LogP contribution in [0.1, 0.15) is 21.1 Å². The zero-order chi connectivity index (χ0) is 18.3. The summed E-state index contributed by atoms with van der Waals surface area (Å²) >= 11 is 1.27. The fourth-order valence-electron chi connectivity index (χ4n) is 2.68. The SMILES string of the molecule is COC(=O)c1sc2nc(C)nc(Oc3ccc4nccnc4c3)c2c1C. The molecular weight excluding hydrogens is 352 g/mol. The summed E-state index contributed by atoms with van der Waals surface area (Å²) in [7, 11) is 1.36. The molecule has 0 aliphatic heterocycles. The van der Waals surface area contributed by atoms with Crippen molar-refractivity contribution in [1.82, 2.24) is 19.9 Å². The second-order valence-electron chi connectivity index (χ2n) is 5.61. The quantitative estimate of drug-likeness (QED) is 0.509. The summed E-state index contributed by atoms with van der Waals surface area (Å²) in [6.07, 6.45) is 3.27. The van der Waals surface area contributed by atoms with Gasteiger partial charge >= 0.3 is 5.97 Å². The van der Waals surface area contributed by atoms with Gasteiger partial charge in [-0.1, -0.05) is 0 Å². The molecule has 3 heterocycles. The number of carbonyl (C=O) groups is 1. The van der Waals surface area contributed by atoms with E-state index in [9.17, 15) is 4.79 Å². The number of hydrogen-bond donors (Lipinski definition) is 0.